The molecule has 0 bridgehead atoms. The van der Waals surface area contributed by atoms with Crippen LogP contribution in [-0.4, -0.2) is 19.4 Å². The first-order valence-corrected chi connectivity index (χ1v) is 5.73. The molecule has 3 nitrogen and oxygen atoms in total. The Morgan fingerprint density at radius 2 is 1.78 bits per heavy atom. The maximum absolute atomic E-state index is 11.4. The SMILES string of the molecule is COc1ccccc1-c1ccc(C(=O)CN)cc1. The van der Waals surface area contributed by atoms with Crippen LogP contribution < -0.4 is 10.5 Å². The largest absolute Gasteiger partial charge is 0.496 e. The lowest BCUT2D eigenvalue weighted by atomic mass is 10.0. The van der Waals surface area contributed by atoms with Crippen LogP contribution in [-0.2, 0) is 0 Å². The molecule has 0 aromatic heterocycles. The predicted octanol–water partition coefficient (Wildman–Crippen LogP) is 2.50. The topological polar surface area (TPSA) is 52.3 Å². The minimum absolute atomic E-state index is 0.0357. The van der Waals surface area contributed by atoms with E-state index in [1.165, 1.54) is 0 Å². The molecule has 0 spiro atoms. The van der Waals surface area contributed by atoms with Gasteiger partial charge < -0.3 is 10.5 Å². The highest BCUT2D eigenvalue weighted by Crippen LogP contribution is 2.29. The second kappa shape index (κ2) is 5.47. The van der Waals surface area contributed by atoms with Crippen LogP contribution in [0.4, 0.5) is 0 Å². The van der Waals surface area contributed by atoms with E-state index in [1.807, 2.05) is 36.4 Å². The summed E-state index contributed by atoms with van der Waals surface area (Å²) < 4.78 is 5.31. The molecule has 3 heteroatoms. The Bertz CT molecular complexity index is 547. The summed E-state index contributed by atoms with van der Waals surface area (Å²) in [6.45, 7) is 0.0357. The zero-order chi connectivity index (χ0) is 13.0. The van der Waals surface area contributed by atoms with Crippen molar-refractivity contribution in [3.63, 3.8) is 0 Å². The second-order valence-corrected chi connectivity index (χ2v) is 3.90. The number of hydrogen-bond acceptors (Lipinski definition) is 3. The Hall–Kier alpha value is -2.13. The third-order valence-electron chi connectivity index (χ3n) is 2.81. The van der Waals surface area contributed by atoms with E-state index in [1.54, 1.807) is 19.2 Å². The average Bonchev–Trinajstić information content (AvgIpc) is 2.46. The van der Waals surface area contributed by atoms with E-state index in [0.29, 0.717) is 5.56 Å². The van der Waals surface area contributed by atoms with Crippen LogP contribution in [0.5, 0.6) is 5.75 Å². The molecule has 18 heavy (non-hydrogen) atoms. The molecule has 2 N–H and O–H groups in total. The second-order valence-electron chi connectivity index (χ2n) is 3.90. The van der Waals surface area contributed by atoms with Crippen molar-refractivity contribution in [3.05, 3.63) is 54.1 Å². The molecule has 0 aliphatic rings. The molecule has 0 saturated heterocycles. The Labute approximate surface area is 106 Å². The number of carbonyl (C=O) groups is 1. The average molecular weight is 241 g/mol. The smallest absolute Gasteiger partial charge is 0.176 e. The molecule has 0 aliphatic carbocycles. The fourth-order valence-corrected chi connectivity index (χ4v) is 1.84. The number of ketones is 1. The molecule has 0 saturated carbocycles. The van der Waals surface area contributed by atoms with Crippen molar-refractivity contribution in [2.45, 2.75) is 0 Å². The van der Waals surface area contributed by atoms with E-state index < -0.39 is 0 Å². The highest BCUT2D eigenvalue weighted by molar-refractivity contribution is 5.97. The number of benzene rings is 2. The standard InChI is InChI=1S/C15H15NO2/c1-18-15-5-3-2-4-13(15)11-6-8-12(9-7-11)14(17)10-16/h2-9H,10,16H2,1H3. The fourth-order valence-electron chi connectivity index (χ4n) is 1.84. The maximum atomic E-state index is 11.4. The molecule has 0 amide bonds. The van der Waals surface area contributed by atoms with Gasteiger partial charge in [0.15, 0.2) is 5.78 Å². The first kappa shape index (κ1) is 12.3. The van der Waals surface area contributed by atoms with Crippen LogP contribution in [0.15, 0.2) is 48.5 Å². The van der Waals surface area contributed by atoms with Gasteiger partial charge in [-0.15, -0.1) is 0 Å². The predicted molar refractivity (Wildman–Crippen MR) is 71.8 cm³/mol. The van der Waals surface area contributed by atoms with Gasteiger partial charge in [0.1, 0.15) is 5.75 Å². The number of Topliss-reactive ketones (excluding diaryl/α,β-unsaturated/α-hetero) is 1. The highest BCUT2D eigenvalue weighted by Gasteiger charge is 2.06. The number of carbonyl (C=O) groups excluding carboxylic acids is 1. The van der Waals surface area contributed by atoms with Gasteiger partial charge >= 0.3 is 0 Å². The first-order chi connectivity index (χ1) is 8.76. The zero-order valence-corrected chi connectivity index (χ0v) is 10.2. The van der Waals surface area contributed by atoms with Crippen LogP contribution in [0.25, 0.3) is 11.1 Å². The molecule has 2 rings (SSSR count). The monoisotopic (exact) mass is 241 g/mol. The van der Waals surface area contributed by atoms with Crippen molar-refractivity contribution >= 4 is 5.78 Å². The van der Waals surface area contributed by atoms with Gasteiger partial charge in [-0.25, -0.2) is 0 Å². The minimum atomic E-state index is -0.0541. The number of ether oxygens (including phenoxy) is 1. The Morgan fingerprint density at radius 1 is 1.11 bits per heavy atom. The van der Waals surface area contributed by atoms with Gasteiger partial charge in [-0.05, 0) is 11.6 Å². The summed E-state index contributed by atoms with van der Waals surface area (Å²) in [5.74, 6) is 0.761. The summed E-state index contributed by atoms with van der Waals surface area (Å²) in [6.07, 6.45) is 0. The van der Waals surface area contributed by atoms with E-state index >= 15 is 0 Å². The minimum Gasteiger partial charge on any atom is -0.496 e. The molecule has 0 aliphatic heterocycles. The number of hydrogen-bond donors (Lipinski definition) is 1. The summed E-state index contributed by atoms with van der Waals surface area (Å²) in [7, 11) is 1.64. The van der Waals surface area contributed by atoms with Gasteiger partial charge in [0, 0.05) is 11.1 Å². The number of nitrogens with two attached hydrogens (primary N) is 1. The summed E-state index contributed by atoms with van der Waals surface area (Å²) in [5.41, 5.74) is 7.99. The van der Waals surface area contributed by atoms with E-state index in [4.69, 9.17) is 10.5 Å². The van der Waals surface area contributed by atoms with Crippen LogP contribution in [0.1, 0.15) is 10.4 Å². The van der Waals surface area contributed by atoms with Crippen LogP contribution in [0, 0.1) is 0 Å². The van der Waals surface area contributed by atoms with E-state index in [0.717, 1.165) is 16.9 Å². The van der Waals surface area contributed by atoms with Crippen molar-refractivity contribution in [2.24, 2.45) is 5.73 Å². The van der Waals surface area contributed by atoms with Crippen molar-refractivity contribution in [1.29, 1.82) is 0 Å². The highest BCUT2D eigenvalue weighted by atomic mass is 16.5. The lowest BCUT2D eigenvalue weighted by Crippen LogP contribution is -2.13. The van der Waals surface area contributed by atoms with Crippen molar-refractivity contribution in [2.75, 3.05) is 13.7 Å². The quantitative estimate of drug-likeness (QED) is 0.837. The van der Waals surface area contributed by atoms with Gasteiger partial charge in [-0.1, -0.05) is 42.5 Å². The molecule has 0 atom stereocenters. The molecular weight excluding hydrogens is 226 g/mol. The summed E-state index contributed by atoms with van der Waals surface area (Å²) in [4.78, 5) is 11.4. The van der Waals surface area contributed by atoms with Gasteiger partial charge in [-0.2, -0.15) is 0 Å². The van der Waals surface area contributed by atoms with Crippen LogP contribution in [0.2, 0.25) is 0 Å². The number of methoxy groups -OCH3 is 1. The molecule has 92 valence electrons. The van der Waals surface area contributed by atoms with Crippen molar-refractivity contribution in [1.82, 2.24) is 0 Å². The van der Waals surface area contributed by atoms with Gasteiger partial charge in [0.05, 0.1) is 13.7 Å². The van der Waals surface area contributed by atoms with E-state index in [-0.39, 0.29) is 12.3 Å². The van der Waals surface area contributed by atoms with E-state index in [2.05, 4.69) is 0 Å². The molecular formula is C15H15NO2. The van der Waals surface area contributed by atoms with E-state index in [9.17, 15) is 4.79 Å². The first-order valence-electron chi connectivity index (χ1n) is 5.73. The van der Waals surface area contributed by atoms with Crippen molar-refractivity contribution in [3.8, 4) is 16.9 Å². The molecule has 0 heterocycles. The molecule has 0 unspecified atom stereocenters. The van der Waals surface area contributed by atoms with Gasteiger partial charge in [0.25, 0.3) is 0 Å². The summed E-state index contributed by atoms with van der Waals surface area (Å²) >= 11 is 0. The number of rotatable bonds is 4. The third-order valence-corrected chi connectivity index (χ3v) is 2.81. The van der Waals surface area contributed by atoms with Gasteiger partial charge in [-0.3, -0.25) is 4.79 Å². The van der Waals surface area contributed by atoms with Gasteiger partial charge in [0.2, 0.25) is 0 Å². The Morgan fingerprint density at radius 3 is 2.39 bits per heavy atom. The fraction of sp³-hybridized carbons (Fsp3) is 0.133. The lowest BCUT2D eigenvalue weighted by molar-refractivity contribution is 0.100. The van der Waals surface area contributed by atoms with Crippen LogP contribution in [0.3, 0.4) is 0 Å². The zero-order valence-electron chi connectivity index (χ0n) is 10.2. The van der Waals surface area contributed by atoms with Crippen LogP contribution >= 0.6 is 0 Å². The Kier molecular flexibility index (Phi) is 3.75. The third kappa shape index (κ3) is 2.41. The van der Waals surface area contributed by atoms with Crippen molar-refractivity contribution < 1.29 is 9.53 Å². The molecule has 0 radical (unpaired) electrons. The summed E-state index contributed by atoms with van der Waals surface area (Å²) in [6, 6.07) is 15.2. The molecule has 0 fully saturated rings. The molecule has 2 aromatic rings. The number of para-hydroxylation sites is 1. The maximum Gasteiger partial charge on any atom is 0.176 e. The normalized spacial score (nSPS) is 10.1. The molecule has 2 aromatic carbocycles. The lowest BCUT2D eigenvalue weighted by Gasteiger charge is -2.08. The summed E-state index contributed by atoms with van der Waals surface area (Å²) in [5, 5.41) is 0. The Balaban J connectivity index is 2.37.